The molecule has 5 nitrogen and oxygen atoms in total. The molecule has 0 atom stereocenters. The molecule has 0 aromatic heterocycles. The predicted octanol–water partition coefficient (Wildman–Crippen LogP) is 2.88. The van der Waals surface area contributed by atoms with Crippen LogP contribution in [0.25, 0.3) is 0 Å². The van der Waals surface area contributed by atoms with Gasteiger partial charge in [0.05, 0.1) is 39.0 Å². The number of rotatable bonds is 5. The minimum atomic E-state index is -0.667. The molecule has 1 aliphatic carbocycles. The predicted molar refractivity (Wildman–Crippen MR) is 90.3 cm³/mol. The van der Waals surface area contributed by atoms with Crippen molar-refractivity contribution >= 4 is 17.6 Å². The molecule has 1 amide bonds. The van der Waals surface area contributed by atoms with Crippen LogP contribution in [0.5, 0.6) is 0 Å². The van der Waals surface area contributed by atoms with Gasteiger partial charge >= 0.3 is 5.97 Å². The fraction of sp³-hybridized carbons (Fsp3) is 0.556. The van der Waals surface area contributed by atoms with Crippen molar-refractivity contribution in [1.29, 1.82) is 0 Å². The van der Waals surface area contributed by atoms with Crippen LogP contribution in [0.4, 0.5) is 10.1 Å². The number of nitrogens with one attached hydrogen (secondary N) is 1. The first-order valence-corrected chi connectivity index (χ1v) is 8.21. The van der Waals surface area contributed by atoms with Crippen LogP contribution in [-0.4, -0.2) is 49.6 Å². The molecule has 6 heteroatoms. The van der Waals surface area contributed by atoms with Gasteiger partial charge in [0.15, 0.2) is 5.54 Å². The number of carbonyl (C=O) groups excluding carboxylic acids is 2. The third-order valence-corrected chi connectivity index (χ3v) is 5.50. The first-order valence-electron chi connectivity index (χ1n) is 8.21. The van der Waals surface area contributed by atoms with Gasteiger partial charge in [-0.25, -0.2) is 9.18 Å². The topological polar surface area (TPSA) is 55.4 Å². The highest BCUT2D eigenvalue weighted by Gasteiger charge is 2.56. The molecule has 0 bridgehead atoms. The third-order valence-electron chi connectivity index (χ3n) is 5.50. The molecule has 1 aromatic carbocycles. The molecule has 0 aliphatic heterocycles. The van der Waals surface area contributed by atoms with Crippen molar-refractivity contribution in [3.05, 3.63) is 29.1 Å². The summed E-state index contributed by atoms with van der Waals surface area (Å²) in [5.41, 5.74) is 0.360. The fourth-order valence-corrected chi connectivity index (χ4v) is 3.33. The number of likely N-dealkylation sites (N-methyl/N-ethyl adjacent to an activating group) is 1. The SMILES string of the molecule is CC[N+](C)(C)C1(C(=O)Nc2c(C)cc(F)cc2C(=O)OC)CCC1. The monoisotopic (exact) mass is 337 g/mol. The number of anilines is 1. The van der Waals surface area contributed by atoms with E-state index in [1.165, 1.54) is 13.2 Å². The number of aryl methyl sites for hydroxylation is 1. The highest BCUT2D eigenvalue weighted by atomic mass is 19.1. The number of quaternary nitrogens is 1. The highest BCUT2D eigenvalue weighted by molar-refractivity contribution is 6.05. The first-order chi connectivity index (χ1) is 11.2. The number of hydrogen-bond donors (Lipinski definition) is 1. The maximum atomic E-state index is 13.7. The van der Waals surface area contributed by atoms with Crippen LogP contribution < -0.4 is 5.32 Å². The Hall–Kier alpha value is -1.95. The summed E-state index contributed by atoms with van der Waals surface area (Å²) in [4.78, 5) is 25.0. The zero-order chi connectivity index (χ0) is 18.1. The Morgan fingerprint density at radius 3 is 2.42 bits per heavy atom. The molecule has 0 spiro atoms. The van der Waals surface area contributed by atoms with Crippen LogP contribution in [-0.2, 0) is 9.53 Å². The largest absolute Gasteiger partial charge is 0.465 e. The summed E-state index contributed by atoms with van der Waals surface area (Å²) in [6.45, 7) is 4.54. The zero-order valence-electron chi connectivity index (χ0n) is 15.0. The van der Waals surface area contributed by atoms with Gasteiger partial charge in [-0.15, -0.1) is 0 Å². The van der Waals surface area contributed by atoms with Gasteiger partial charge in [-0.3, -0.25) is 4.79 Å². The summed E-state index contributed by atoms with van der Waals surface area (Å²) in [7, 11) is 5.31. The normalized spacial score (nSPS) is 16.2. The Balaban J connectivity index is 2.41. The van der Waals surface area contributed by atoms with E-state index in [4.69, 9.17) is 4.74 Å². The lowest BCUT2D eigenvalue weighted by atomic mass is 9.73. The molecule has 1 aliphatic rings. The smallest absolute Gasteiger partial charge is 0.340 e. The van der Waals surface area contributed by atoms with Crippen LogP contribution in [0, 0.1) is 12.7 Å². The Morgan fingerprint density at radius 2 is 1.96 bits per heavy atom. The van der Waals surface area contributed by atoms with Crippen LogP contribution in [0.1, 0.15) is 42.1 Å². The van der Waals surface area contributed by atoms with E-state index in [9.17, 15) is 14.0 Å². The standard InChI is InChI=1S/C18H25FN2O3/c1-6-21(3,4)18(8-7-9-18)17(23)20-15-12(2)10-13(19)11-14(15)16(22)24-5/h10-11H,6-9H2,1-5H3/p+1. The number of benzene rings is 1. The van der Waals surface area contributed by atoms with Crippen molar-refractivity contribution in [3.8, 4) is 0 Å². The van der Waals surface area contributed by atoms with E-state index in [1.807, 2.05) is 14.1 Å². The maximum absolute atomic E-state index is 13.7. The van der Waals surface area contributed by atoms with Crippen LogP contribution in [0.3, 0.4) is 0 Å². The van der Waals surface area contributed by atoms with E-state index >= 15 is 0 Å². The summed E-state index contributed by atoms with van der Waals surface area (Å²) in [6.07, 6.45) is 2.60. The fourth-order valence-electron chi connectivity index (χ4n) is 3.33. The molecule has 132 valence electrons. The molecule has 24 heavy (non-hydrogen) atoms. The number of carbonyl (C=O) groups is 2. The average molecular weight is 337 g/mol. The molecule has 0 saturated heterocycles. The number of amides is 1. The Morgan fingerprint density at radius 1 is 1.33 bits per heavy atom. The zero-order valence-corrected chi connectivity index (χ0v) is 15.0. The van der Waals surface area contributed by atoms with Gasteiger partial charge in [-0.1, -0.05) is 0 Å². The Kier molecular flexibility index (Phi) is 4.99. The Bertz CT molecular complexity index is 666. The quantitative estimate of drug-likeness (QED) is 0.664. The maximum Gasteiger partial charge on any atom is 0.340 e. The molecule has 1 saturated carbocycles. The number of methoxy groups -OCH3 is 1. The van der Waals surface area contributed by atoms with E-state index in [1.54, 1.807) is 6.92 Å². The number of esters is 1. The number of ether oxygens (including phenoxy) is 1. The van der Waals surface area contributed by atoms with Gasteiger partial charge in [0.25, 0.3) is 5.91 Å². The molecule has 0 heterocycles. The summed E-state index contributed by atoms with van der Waals surface area (Å²) < 4.78 is 19.0. The minimum Gasteiger partial charge on any atom is -0.465 e. The van der Waals surface area contributed by atoms with E-state index < -0.39 is 17.3 Å². The van der Waals surface area contributed by atoms with E-state index in [0.717, 1.165) is 31.9 Å². The van der Waals surface area contributed by atoms with Crippen molar-refractivity contribution in [3.63, 3.8) is 0 Å². The molecule has 1 aromatic rings. The summed E-state index contributed by atoms with van der Waals surface area (Å²) in [6, 6.07) is 2.40. The lowest BCUT2D eigenvalue weighted by Crippen LogP contribution is -2.69. The van der Waals surface area contributed by atoms with Gasteiger partial charge in [0.2, 0.25) is 0 Å². The number of halogens is 1. The molecular formula is C18H26FN2O3+. The minimum absolute atomic E-state index is 0.0413. The van der Waals surface area contributed by atoms with Gasteiger partial charge < -0.3 is 14.5 Å². The second kappa shape index (κ2) is 6.51. The van der Waals surface area contributed by atoms with Crippen molar-refractivity contribution in [1.82, 2.24) is 0 Å². The molecule has 2 rings (SSSR count). The van der Waals surface area contributed by atoms with Crippen LogP contribution >= 0.6 is 0 Å². The van der Waals surface area contributed by atoms with Crippen molar-refractivity contribution < 1.29 is 23.2 Å². The number of nitrogens with zero attached hydrogens (tertiary/aromatic N) is 1. The third kappa shape index (κ3) is 2.90. The highest BCUT2D eigenvalue weighted by Crippen LogP contribution is 2.42. The van der Waals surface area contributed by atoms with Crippen LogP contribution in [0.2, 0.25) is 0 Å². The van der Waals surface area contributed by atoms with Gasteiger partial charge in [-0.05, 0) is 38.0 Å². The molecular weight excluding hydrogens is 311 g/mol. The van der Waals surface area contributed by atoms with Crippen LogP contribution in [0.15, 0.2) is 12.1 Å². The molecule has 0 unspecified atom stereocenters. The number of hydrogen-bond acceptors (Lipinski definition) is 3. The van der Waals surface area contributed by atoms with Crippen molar-refractivity contribution in [2.45, 2.75) is 38.6 Å². The second-order valence-corrected chi connectivity index (χ2v) is 6.98. The van der Waals surface area contributed by atoms with Gasteiger partial charge in [0.1, 0.15) is 5.82 Å². The second-order valence-electron chi connectivity index (χ2n) is 6.98. The van der Waals surface area contributed by atoms with E-state index in [2.05, 4.69) is 12.2 Å². The van der Waals surface area contributed by atoms with Gasteiger partial charge in [-0.2, -0.15) is 0 Å². The summed E-state index contributed by atoms with van der Waals surface area (Å²) >= 11 is 0. The molecule has 1 N–H and O–H groups in total. The molecule has 1 fully saturated rings. The summed E-state index contributed by atoms with van der Waals surface area (Å²) in [5, 5.41) is 2.88. The lowest BCUT2D eigenvalue weighted by Gasteiger charge is -2.52. The average Bonchev–Trinajstić information content (AvgIpc) is 2.47. The van der Waals surface area contributed by atoms with Gasteiger partial charge in [0, 0.05) is 12.8 Å². The lowest BCUT2D eigenvalue weighted by molar-refractivity contribution is -0.936. The molecule has 0 radical (unpaired) electrons. The first kappa shape index (κ1) is 18.4. The van der Waals surface area contributed by atoms with Crippen molar-refractivity contribution in [2.75, 3.05) is 33.1 Å². The van der Waals surface area contributed by atoms with E-state index in [0.29, 0.717) is 15.7 Å². The summed E-state index contributed by atoms with van der Waals surface area (Å²) in [5.74, 6) is -1.32. The van der Waals surface area contributed by atoms with E-state index in [-0.39, 0.29) is 11.5 Å². The Labute approximate surface area is 142 Å². The van der Waals surface area contributed by atoms with Crippen molar-refractivity contribution in [2.24, 2.45) is 0 Å².